The van der Waals surface area contributed by atoms with E-state index in [1.54, 1.807) is 12.1 Å². The highest BCUT2D eigenvalue weighted by atomic mass is 19.1. The molecule has 94 valence electrons. The maximum atomic E-state index is 13.8. The van der Waals surface area contributed by atoms with Gasteiger partial charge in [-0.3, -0.25) is 9.29 Å². The van der Waals surface area contributed by atoms with Gasteiger partial charge in [0.2, 0.25) is 0 Å². The molecule has 1 heterocycles. The third-order valence-corrected chi connectivity index (χ3v) is 3.24. The van der Waals surface area contributed by atoms with Gasteiger partial charge in [0.15, 0.2) is 0 Å². The minimum atomic E-state index is -0.414. The highest BCUT2D eigenvalue weighted by Gasteiger charge is 2.23. The third-order valence-electron chi connectivity index (χ3n) is 3.24. The van der Waals surface area contributed by atoms with E-state index in [1.165, 1.54) is 6.07 Å². The minimum Gasteiger partial charge on any atom is -0.314 e. The molecule has 2 nitrogen and oxygen atoms in total. The SMILES string of the molecule is FCC[C@@H](c1ccccc1F)N1CCNCC1. The van der Waals surface area contributed by atoms with E-state index in [0.29, 0.717) is 12.0 Å². The Morgan fingerprint density at radius 1 is 1.24 bits per heavy atom. The van der Waals surface area contributed by atoms with E-state index in [9.17, 15) is 8.78 Å². The molecule has 0 saturated carbocycles. The molecule has 17 heavy (non-hydrogen) atoms. The summed E-state index contributed by atoms with van der Waals surface area (Å²) in [7, 11) is 0. The van der Waals surface area contributed by atoms with Gasteiger partial charge in [0.05, 0.1) is 6.67 Å². The second-order valence-electron chi connectivity index (χ2n) is 4.30. The lowest BCUT2D eigenvalue weighted by Crippen LogP contribution is -2.45. The molecule has 0 spiro atoms. The summed E-state index contributed by atoms with van der Waals surface area (Å²) in [5.74, 6) is -0.232. The van der Waals surface area contributed by atoms with Gasteiger partial charge in [-0.2, -0.15) is 0 Å². The van der Waals surface area contributed by atoms with Gasteiger partial charge in [0, 0.05) is 37.8 Å². The molecule has 0 bridgehead atoms. The topological polar surface area (TPSA) is 15.3 Å². The highest BCUT2D eigenvalue weighted by Crippen LogP contribution is 2.26. The Morgan fingerprint density at radius 2 is 1.94 bits per heavy atom. The zero-order valence-corrected chi connectivity index (χ0v) is 9.83. The molecular weight excluding hydrogens is 222 g/mol. The summed E-state index contributed by atoms with van der Waals surface area (Å²) >= 11 is 0. The van der Waals surface area contributed by atoms with Crippen LogP contribution in [0, 0.1) is 5.82 Å². The first-order valence-electron chi connectivity index (χ1n) is 6.08. The fraction of sp³-hybridized carbons (Fsp3) is 0.538. The second kappa shape index (κ2) is 6.07. The van der Waals surface area contributed by atoms with E-state index in [0.717, 1.165) is 26.2 Å². The summed E-state index contributed by atoms with van der Waals surface area (Å²) in [6.07, 6.45) is 0.362. The average molecular weight is 240 g/mol. The van der Waals surface area contributed by atoms with Crippen molar-refractivity contribution in [1.29, 1.82) is 0 Å². The van der Waals surface area contributed by atoms with Crippen LogP contribution in [-0.4, -0.2) is 37.8 Å². The summed E-state index contributed by atoms with van der Waals surface area (Å²) in [6.45, 7) is 3.05. The lowest BCUT2D eigenvalue weighted by atomic mass is 10.0. The van der Waals surface area contributed by atoms with E-state index < -0.39 is 6.67 Å². The van der Waals surface area contributed by atoms with Gasteiger partial charge >= 0.3 is 0 Å². The van der Waals surface area contributed by atoms with Crippen LogP contribution in [0.5, 0.6) is 0 Å². The van der Waals surface area contributed by atoms with E-state index in [4.69, 9.17) is 0 Å². The van der Waals surface area contributed by atoms with Gasteiger partial charge in [-0.25, -0.2) is 4.39 Å². The Bertz CT molecular complexity index is 351. The maximum Gasteiger partial charge on any atom is 0.127 e. The van der Waals surface area contributed by atoms with Gasteiger partial charge in [-0.05, 0) is 12.5 Å². The second-order valence-corrected chi connectivity index (χ2v) is 4.30. The Kier molecular flexibility index (Phi) is 4.45. The lowest BCUT2D eigenvalue weighted by molar-refractivity contribution is 0.154. The summed E-state index contributed by atoms with van der Waals surface area (Å²) in [5, 5.41) is 3.25. The smallest absolute Gasteiger partial charge is 0.127 e. The fourth-order valence-electron chi connectivity index (χ4n) is 2.38. The van der Waals surface area contributed by atoms with Crippen LogP contribution in [-0.2, 0) is 0 Å². The van der Waals surface area contributed by atoms with E-state index in [2.05, 4.69) is 10.2 Å². The molecule has 4 heteroatoms. The molecule has 0 amide bonds. The summed E-state index contributed by atoms with van der Waals surface area (Å²) in [4.78, 5) is 2.16. The van der Waals surface area contributed by atoms with Crippen molar-refractivity contribution in [2.24, 2.45) is 0 Å². The number of benzene rings is 1. The maximum absolute atomic E-state index is 13.8. The lowest BCUT2D eigenvalue weighted by Gasteiger charge is -2.35. The normalized spacial score (nSPS) is 19.2. The fourth-order valence-corrected chi connectivity index (χ4v) is 2.38. The van der Waals surface area contributed by atoms with E-state index in [1.807, 2.05) is 6.07 Å². The predicted octanol–water partition coefficient (Wildman–Crippen LogP) is 2.13. The summed E-state index contributed by atoms with van der Waals surface area (Å²) in [6, 6.07) is 6.55. The summed E-state index contributed by atoms with van der Waals surface area (Å²) < 4.78 is 26.4. The molecular formula is C13H18F2N2. The van der Waals surface area contributed by atoms with Crippen LogP contribution >= 0.6 is 0 Å². The van der Waals surface area contributed by atoms with Crippen molar-refractivity contribution >= 4 is 0 Å². The Balaban J connectivity index is 2.18. The van der Waals surface area contributed by atoms with Gasteiger partial charge in [0.25, 0.3) is 0 Å². The average Bonchev–Trinajstić information content (AvgIpc) is 2.38. The number of hydrogen-bond donors (Lipinski definition) is 1. The van der Waals surface area contributed by atoms with Crippen molar-refractivity contribution in [2.45, 2.75) is 12.5 Å². The van der Waals surface area contributed by atoms with Crippen LogP contribution in [0.1, 0.15) is 18.0 Å². The van der Waals surface area contributed by atoms with Crippen molar-refractivity contribution in [2.75, 3.05) is 32.9 Å². The van der Waals surface area contributed by atoms with Crippen molar-refractivity contribution in [3.05, 3.63) is 35.6 Å². The number of nitrogens with one attached hydrogen (secondary N) is 1. The van der Waals surface area contributed by atoms with Crippen molar-refractivity contribution in [3.63, 3.8) is 0 Å². The zero-order valence-electron chi connectivity index (χ0n) is 9.83. The van der Waals surface area contributed by atoms with Gasteiger partial charge in [0.1, 0.15) is 5.82 Å². The molecule has 0 aliphatic carbocycles. The van der Waals surface area contributed by atoms with Gasteiger partial charge in [-0.1, -0.05) is 18.2 Å². The van der Waals surface area contributed by atoms with Crippen LogP contribution < -0.4 is 5.32 Å². The van der Waals surface area contributed by atoms with E-state index in [-0.39, 0.29) is 11.9 Å². The molecule has 1 aliphatic rings. The molecule has 1 fully saturated rings. The van der Waals surface area contributed by atoms with Crippen molar-refractivity contribution in [3.8, 4) is 0 Å². The summed E-state index contributed by atoms with van der Waals surface area (Å²) in [5.41, 5.74) is 0.618. The molecule has 0 unspecified atom stereocenters. The van der Waals surface area contributed by atoms with Crippen molar-refractivity contribution < 1.29 is 8.78 Å². The van der Waals surface area contributed by atoms with E-state index >= 15 is 0 Å². The van der Waals surface area contributed by atoms with Crippen LogP contribution in [0.2, 0.25) is 0 Å². The van der Waals surface area contributed by atoms with Crippen LogP contribution in [0.25, 0.3) is 0 Å². The largest absolute Gasteiger partial charge is 0.314 e. The van der Waals surface area contributed by atoms with Crippen LogP contribution in [0.4, 0.5) is 8.78 Å². The number of hydrogen-bond acceptors (Lipinski definition) is 2. The molecule has 1 aromatic rings. The Hall–Kier alpha value is -1.00. The number of alkyl halides is 1. The molecule has 1 aromatic carbocycles. The number of piperazine rings is 1. The number of rotatable bonds is 4. The first-order valence-corrected chi connectivity index (χ1v) is 6.08. The quantitative estimate of drug-likeness (QED) is 0.867. The molecule has 1 saturated heterocycles. The molecule has 1 atom stereocenters. The molecule has 0 aromatic heterocycles. The monoisotopic (exact) mass is 240 g/mol. The number of halogens is 2. The van der Waals surface area contributed by atoms with Crippen LogP contribution in [0.3, 0.4) is 0 Å². The molecule has 2 rings (SSSR count). The zero-order chi connectivity index (χ0) is 12.1. The van der Waals surface area contributed by atoms with Crippen LogP contribution in [0.15, 0.2) is 24.3 Å². The standard InChI is InChI=1S/C13H18F2N2/c14-6-5-13(17-9-7-16-8-10-17)11-3-1-2-4-12(11)15/h1-4,13,16H,5-10H2/t13-/m0/s1. The molecule has 1 aliphatic heterocycles. The van der Waals surface area contributed by atoms with Gasteiger partial charge < -0.3 is 5.32 Å². The predicted molar refractivity (Wildman–Crippen MR) is 64.2 cm³/mol. The Morgan fingerprint density at radius 3 is 2.59 bits per heavy atom. The van der Waals surface area contributed by atoms with Gasteiger partial charge in [-0.15, -0.1) is 0 Å². The Labute approximate surface area is 101 Å². The van der Waals surface area contributed by atoms with Crippen molar-refractivity contribution in [1.82, 2.24) is 10.2 Å². The third kappa shape index (κ3) is 3.01. The first-order chi connectivity index (χ1) is 8.33. The molecule has 1 N–H and O–H groups in total. The first kappa shape index (κ1) is 12.5. The number of nitrogens with zero attached hydrogens (tertiary/aromatic N) is 1. The highest BCUT2D eigenvalue weighted by molar-refractivity contribution is 5.21. The molecule has 0 radical (unpaired) electrons. The minimum absolute atomic E-state index is 0.136.